The van der Waals surface area contributed by atoms with Crippen molar-refractivity contribution in [2.75, 3.05) is 20.7 Å². The summed E-state index contributed by atoms with van der Waals surface area (Å²) in [7, 11) is 3.60. The zero-order chi connectivity index (χ0) is 12.0. The zero-order valence-electron chi connectivity index (χ0n) is 10.1. The quantitative estimate of drug-likeness (QED) is 0.762. The van der Waals surface area contributed by atoms with E-state index < -0.39 is 0 Å². The predicted molar refractivity (Wildman–Crippen MR) is 64.3 cm³/mol. The summed E-state index contributed by atoms with van der Waals surface area (Å²) in [5.41, 5.74) is 0.984. The van der Waals surface area contributed by atoms with Crippen LogP contribution in [0.15, 0.2) is 24.3 Å². The molecule has 0 aliphatic rings. The van der Waals surface area contributed by atoms with E-state index in [9.17, 15) is 5.26 Å². The number of hydrogen-bond donors (Lipinski definition) is 0. The van der Waals surface area contributed by atoms with Gasteiger partial charge in [0.05, 0.1) is 13.2 Å². The van der Waals surface area contributed by atoms with Crippen LogP contribution in [0, 0.1) is 11.3 Å². The summed E-state index contributed by atoms with van der Waals surface area (Å²) in [4.78, 5) is 2.05. The highest BCUT2D eigenvalue weighted by Crippen LogP contribution is 2.22. The van der Waals surface area contributed by atoms with Crippen LogP contribution < -0.4 is 4.74 Å². The molecule has 1 unspecified atom stereocenters. The van der Waals surface area contributed by atoms with Gasteiger partial charge in [-0.2, -0.15) is 5.26 Å². The number of ether oxygens (including phenoxy) is 1. The molecule has 0 N–H and O–H groups in total. The first kappa shape index (κ1) is 12.5. The smallest absolute Gasteiger partial charge is 0.123 e. The predicted octanol–water partition coefficient (Wildman–Crippen LogP) is 2.60. The third kappa shape index (κ3) is 2.98. The molecule has 86 valence electrons. The van der Waals surface area contributed by atoms with Gasteiger partial charge in [0.1, 0.15) is 11.8 Å². The molecule has 0 heterocycles. The van der Waals surface area contributed by atoms with Gasteiger partial charge in [0.2, 0.25) is 0 Å². The minimum atomic E-state index is -0.199. The molecule has 1 rings (SSSR count). The van der Waals surface area contributed by atoms with Crippen molar-refractivity contribution in [2.45, 2.75) is 19.4 Å². The highest BCUT2D eigenvalue weighted by Gasteiger charge is 2.15. The average Bonchev–Trinajstić information content (AvgIpc) is 2.31. The van der Waals surface area contributed by atoms with Crippen LogP contribution in [0.5, 0.6) is 5.75 Å². The van der Waals surface area contributed by atoms with Gasteiger partial charge in [-0.15, -0.1) is 0 Å². The molecule has 3 heteroatoms. The number of nitriles is 1. The molecule has 0 saturated heterocycles. The van der Waals surface area contributed by atoms with E-state index in [1.807, 2.05) is 31.3 Å². The van der Waals surface area contributed by atoms with E-state index in [1.165, 1.54) is 0 Å². The highest BCUT2D eigenvalue weighted by molar-refractivity contribution is 5.33. The first-order valence-electron chi connectivity index (χ1n) is 5.46. The van der Waals surface area contributed by atoms with Crippen LogP contribution in [0.3, 0.4) is 0 Å². The molecule has 0 aliphatic carbocycles. The molecule has 0 spiro atoms. The minimum absolute atomic E-state index is 0.199. The van der Waals surface area contributed by atoms with Gasteiger partial charge < -0.3 is 4.74 Å². The van der Waals surface area contributed by atoms with E-state index in [0.29, 0.717) is 0 Å². The third-order valence-electron chi connectivity index (χ3n) is 2.55. The van der Waals surface area contributed by atoms with Crippen molar-refractivity contribution < 1.29 is 4.74 Å². The lowest BCUT2D eigenvalue weighted by atomic mass is 10.1. The van der Waals surface area contributed by atoms with Crippen molar-refractivity contribution in [3.8, 4) is 11.8 Å². The molecule has 0 fully saturated rings. The van der Waals surface area contributed by atoms with E-state index in [4.69, 9.17) is 4.74 Å². The van der Waals surface area contributed by atoms with Gasteiger partial charge in [-0.05, 0) is 37.7 Å². The second kappa shape index (κ2) is 6.14. The summed E-state index contributed by atoms with van der Waals surface area (Å²) in [5, 5.41) is 9.21. The van der Waals surface area contributed by atoms with E-state index in [1.54, 1.807) is 7.11 Å². The lowest BCUT2D eigenvalue weighted by Gasteiger charge is -2.22. The van der Waals surface area contributed by atoms with Crippen LogP contribution in [0.25, 0.3) is 0 Å². The standard InChI is InChI=1S/C13H18N2O/c1-4-8-15(2)13(10-14)11-6-5-7-12(9-11)16-3/h5-7,9,13H,4,8H2,1-3H3. The Bertz CT molecular complexity index is 370. The summed E-state index contributed by atoms with van der Waals surface area (Å²) < 4.78 is 5.16. The van der Waals surface area contributed by atoms with Crippen molar-refractivity contribution >= 4 is 0 Å². The fourth-order valence-electron chi connectivity index (χ4n) is 1.72. The summed E-state index contributed by atoms with van der Waals surface area (Å²) in [6.07, 6.45) is 1.04. The minimum Gasteiger partial charge on any atom is -0.497 e. The van der Waals surface area contributed by atoms with Gasteiger partial charge in [-0.25, -0.2) is 0 Å². The monoisotopic (exact) mass is 218 g/mol. The molecule has 0 radical (unpaired) electrons. The summed E-state index contributed by atoms with van der Waals surface area (Å²) >= 11 is 0. The second-order valence-corrected chi connectivity index (χ2v) is 3.79. The van der Waals surface area contributed by atoms with Crippen LogP contribution in [0.1, 0.15) is 24.9 Å². The lowest BCUT2D eigenvalue weighted by Crippen LogP contribution is -2.24. The summed E-state index contributed by atoms with van der Waals surface area (Å²) in [5.74, 6) is 0.794. The normalized spacial score (nSPS) is 12.2. The first-order valence-corrected chi connectivity index (χ1v) is 5.46. The summed E-state index contributed by atoms with van der Waals surface area (Å²) in [6, 6.07) is 9.80. The number of methoxy groups -OCH3 is 1. The van der Waals surface area contributed by atoms with E-state index >= 15 is 0 Å². The maximum absolute atomic E-state index is 9.21. The first-order chi connectivity index (χ1) is 7.72. The Morgan fingerprint density at radius 1 is 1.50 bits per heavy atom. The maximum atomic E-state index is 9.21. The molecule has 1 aromatic carbocycles. The third-order valence-corrected chi connectivity index (χ3v) is 2.55. The van der Waals surface area contributed by atoms with E-state index in [2.05, 4.69) is 17.9 Å². The molecule has 0 saturated carbocycles. The van der Waals surface area contributed by atoms with E-state index in [0.717, 1.165) is 24.3 Å². The van der Waals surface area contributed by atoms with Crippen LogP contribution in [0.4, 0.5) is 0 Å². The number of nitrogens with zero attached hydrogens (tertiary/aromatic N) is 2. The van der Waals surface area contributed by atoms with Crippen LogP contribution in [-0.2, 0) is 0 Å². The Hall–Kier alpha value is -1.53. The SMILES string of the molecule is CCCN(C)C(C#N)c1cccc(OC)c1. The number of hydrogen-bond acceptors (Lipinski definition) is 3. The zero-order valence-corrected chi connectivity index (χ0v) is 10.1. The van der Waals surface area contributed by atoms with Crippen molar-refractivity contribution in [1.82, 2.24) is 4.90 Å². The Balaban J connectivity index is 2.91. The topological polar surface area (TPSA) is 36.3 Å². The molecular weight excluding hydrogens is 200 g/mol. The van der Waals surface area contributed by atoms with Gasteiger partial charge in [0, 0.05) is 0 Å². The summed E-state index contributed by atoms with van der Waals surface area (Å²) in [6.45, 7) is 3.02. The fraction of sp³-hybridized carbons (Fsp3) is 0.462. The molecule has 0 amide bonds. The maximum Gasteiger partial charge on any atom is 0.123 e. The average molecular weight is 218 g/mol. The van der Waals surface area contributed by atoms with Gasteiger partial charge in [-0.1, -0.05) is 19.1 Å². The molecule has 0 aliphatic heterocycles. The van der Waals surface area contributed by atoms with Gasteiger partial charge >= 0.3 is 0 Å². The Morgan fingerprint density at radius 3 is 2.81 bits per heavy atom. The van der Waals surface area contributed by atoms with Crippen molar-refractivity contribution in [1.29, 1.82) is 5.26 Å². The van der Waals surface area contributed by atoms with Gasteiger partial charge in [0.25, 0.3) is 0 Å². The second-order valence-electron chi connectivity index (χ2n) is 3.79. The molecule has 0 aromatic heterocycles. The highest BCUT2D eigenvalue weighted by atomic mass is 16.5. The molecular formula is C13H18N2O. The molecule has 3 nitrogen and oxygen atoms in total. The lowest BCUT2D eigenvalue weighted by molar-refractivity contribution is 0.291. The number of benzene rings is 1. The van der Waals surface area contributed by atoms with Crippen molar-refractivity contribution in [3.05, 3.63) is 29.8 Å². The Morgan fingerprint density at radius 2 is 2.25 bits per heavy atom. The van der Waals surface area contributed by atoms with Crippen LogP contribution in [0.2, 0.25) is 0 Å². The Kier molecular flexibility index (Phi) is 4.81. The van der Waals surface area contributed by atoms with Crippen LogP contribution >= 0.6 is 0 Å². The van der Waals surface area contributed by atoms with Crippen LogP contribution in [-0.4, -0.2) is 25.6 Å². The number of rotatable bonds is 5. The fourth-order valence-corrected chi connectivity index (χ4v) is 1.72. The largest absolute Gasteiger partial charge is 0.497 e. The molecule has 0 bridgehead atoms. The van der Waals surface area contributed by atoms with Gasteiger partial charge in [0.15, 0.2) is 0 Å². The van der Waals surface area contributed by atoms with Crippen molar-refractivity contribution in [3.63, 3.8) is 0 Å². The molecule has 1 aromatic rings. The van der Waals surface area contributed by atoms with Gasteiger partial charge in [-0.3, -0.25) is 4.90 Å². The molecule has 1 atom stereocenters. The van der Waals surface area contributed by atoms with Crippen molar-refractivity contribution in [2.24, 2.45) is 0 Å². The van der Waals surface area contributed by atoms with E-state index in [-0.39, 0.29) is 6.04 Å². The molecule has 16 heavy (non-hydrogen) atoms. The Labute approximate surface area is 97.3 Å².